The van der Waals surface area contributed by atoms with E-state index < -0.39 is 0 Å². The molecule has 0 bridgehead atoms. The number of carbonyl (C=O) groups is 1. The first-order chi connectivity index (χ1) is 6.74. The summed E-state index contributed by atoms with van der Waals surface area (Å²) in [6.45, 7) is 2.24. The van der Waals surface area contributed by atoms with E-state index in [1.807, 2.05) is 17.5 Å². The zero-order valence-electron chi connectivity index (χ0n) is 8.03. The van der Waals surface area contributed by atoms with Crippen LogP contribution in [0.15, 0.2) is 17.5 Å². The van der Waals surface area contributed by atoms with E-state index in [0.29, 0.717) is 19.4 Å². The highest BCUT2D eigenvalue weighted by Gasteiger charge is 2.11. The minimum absolute atomic E-state index is 0.0700. The Labute approximate surface area is 92.8 Å². The third kappa shape index (κ3) is 3.68. The zero-order chi connectivity index (χ0) is 10.4. The second kappa shape index (κ2) is 6.04. The molecule has 0 amide bonds. The topological polar surface area (TPSA) is 26.3 Å². The summed E-state index contributed by atoms with van der Waals surface area (Å²) < 4.78 is 4.82. The lowest BCUT2D eigenvalue weighted by atomic mass is 10.2. The van der Waals surface area contributed by atoms with Crippen molar-refractivity contribution >= 4 is 28.9 Å². The molecule has 14 heavy (non-hydrogen) atoms. The molecule has 0 spiro atoms. The van der Waals surface area contributed by atoms with Gasteiger partial charge in [-0.25, -0.2) is 0 Å². The number of rotatable bonds is 5. The molecule has 0 radical (unpaired) electrons. The van der Waals surface area contributed by atoms with Crippen molar-refractivity contribution in [3.05, 3.63) is 22.4 Å². The molecule has 1 aromatic heterocycles. The minimum atomic E-state index is -0.172. The van der Waals surface area contributed by atoms with Crippen LogP contribution < -0.4 is 0 Å². The number of esters is 1. The number of carbonyl (C=O) groups excluding carboxylic acids is 1. The van der Waals surface area contributed by atoms with Gasteiger partial charge in [-0.05, 0) is 24.8 Å². The number of alkyl halides is 1. The first kappa shape index (κ1) is 11.5. The lowest BCUT2D eigenvalue weighted by Gasteiger charge is -2.06. The smallest absolute Gasteiger partial charge is 0.305 e. The van der Waals surface area contributed by atoms with Gasteiger partial charge in [0.15, 0.2) is 0 Å². The van der Waals surface area contributed by atoms with Gasteiger partial charge in [-0.15, -0.1) is 22.9 Å². The van der Waals surface area contributed by atoms with Gasteiger partial charge in [-0.3, -0.25) is 4.79 Å². The van der Waals surface area contributed by atoms with Crippen LogP contribution in [0.25, 0.3) is 0 Å². The molecule has 0 fully saturated rings. The second-order valence-electron chi connectivity index (χ2n) is 2.83. The Morgan fingerprint density at radius 2 is 2.50 bits per heavy atom. The van der Waals surface area contributed by atoms with Gasteiger partial charge in [-0.2, -0.15) is 0 Å². The molecule has 1 rings (SSSR count). The number of hydrogen-bond acceptors (Lipinski definition) is 3. The monoisotopic (exact) mass is 232 g/mol. The Morgan fingerprint density at radius 3 is 3.07 bits per heavy atom. The number of halogens is 1. The van der Waals surface area contributed by atoms with Crippen molar-refractivity contribution in [1.82, 2.24) is 0 Å². The van der Waals surface area contributed by atoms with Crippen molar-refractivity contribution in [3.8, 4) is 0 Å². The van der Waals surface area contributed by atoms with Crippen LogP contribution in [0, 0.1) is 0 Å². The SMILES string of the molecule is CCOC(=O)CCC(Cl)c1cccs1. The van der Waals surface area contributed by atoms with Crippen LogP contribution in [0.2, 0.25) is 0 Å². The van der Waals surface area contributed by atoms with Crippen LogP contribution in [0.4, 0.5) is 0 Å². The Kier molecular flexibility index (Phi) is 4.98. The van der Waals surface area contributed by atoms with Gasteiger partial charge >= 0.3 is 5.97 Å². The maximum atomic E-state index is 11.0. The van der Waals surface area contributed by atoms with Gasteiger partial charge in [-0.1, -0.05) is 6.07 Å². The van der Waals surface area contributed by atoms with Crippen molar-refractivity contribution in [3.63, 3.8) is 0 Å². The normalized spacial score (nSPS) is 12.4. The van der Waals surface area contributed by atoms with Gasteiger partial charge < -0.3 is 4.74 Å². The summed E-state index contributed by atoms with van der Waals surface area (Å²) in [6.07, 6.45) is 1.03. The van der Waals surface area contributed by atoms with Gasteiger partial charge in [0.2, 0.25) is 0 Å². The van der Waals surface area contributed by atoms with Crippen LogP contribution in [-0.4, -0.2) is 12.6 Å². The largest absolute Gasteiger partial charge is 0.466 e. The molecule has 78 valence electrons. The fraction of sp³-hybridized carbons (Fsp3) is 0.500. The molecule has 0 aliphatic carbocycles. The van der Waals surface area contributed by atoms with Crippen LogP contribution >= 0.6 is 22.9 Å². The average Bonchev–Trinajstić information content (AvgIpc) is 2.67. The van der Waals surface area contributed by atoms with Crippen molar-refractivity contribution in [1.29, 1.82) is 0 Å². The summed E-state index contributed by atoms with van der Waals surface area (Å²) in [7, 11) is 0. The molecule has 1 atom stereocenters. The van der Waals surface area contributed by atoms with Crippen LogP contribution in [-0.2, 0) is 9.53 Å². The van der Waals surface area contributed by atoms with Crippen LogP contribution in [0.3, 0.4) is 0 Å². The maximum absolute atomic E-state index is 11.0. The third-order valence-corrected chi connectivity index (χ3v) is 3.33. The van der Waals surface area contributed by atoms with E-state index in [0.717, 1.165) is 4.88 Å². The molecule has 4 heteroatoms. The molecular formula is C10H13ClO2S. The Bertz CT molecular complexity index is 272. The van der Waals surface area contributed by atoms with E-state index in [1.54, 1.807) is 18.3 Å². The van der Waals surface area contributed by atoms with E-state index in [4.69, 9.17) is 16.3 Å². The van der Waals surface area contributed by atoms with E-state index >= 15 is 0 Å². The average molecular weight is 233 g/mol. The molecule has 1 heterocycles. The highest BCUT2D eigenvalue weighted by Crippen LogP contribution is 2.29. The summed E-state index contributed by atoms with van der Waals surface area (Å²) in [4.78, 5) is 12.1. The van der Waals surface area contributed by atoms with Gasteiger partial charge in [0.1, 0.15) is 0 Å². The van der Waals surface area contributed by atoms with Gasteiger partial charge in [0, 0.05) is 11.3 Å². The van der Waals surface area contributed by atoms with Gasteiger partial charge in [0.25, 0.3) is 0 Å². The standard InChI is InChI=1S/C10H13ClO2S/c1-2-13-10(12)6-5-8(11)9-4-3-7-14-9/h3-4,7-8H,2,5-6H2,1H3. The number of hydrogen-bond donors (Lipinski definition) is 0. The van der Waals surface area contributed by atoms with E-state index in [1.165, 1.54) is 0 Å². The lowest BCUT2D eigenvalue weighted by Crippen LogP contribution is -2.04. The number of ether oxygens (including phenoxy) is 1. The van der Waals surface area contributed by atoms with Gasteiger partial charge in [0.05, 0.1) is 12.0 Å². The van der Waals surface area contributed by atoms with E-state index in [9.17, 15) is 4.79 Å². The number of thiophene rings is 1. The van der Waals surface area contributed by atoms with E-state index in [-0.39, 0.29) is 11.3 Å². The molecule has 0 aromatic carbocycles. The summed E-state index contributed by atoms with van der Waals surface area (Å²) in [5.41, 5.74) is 0. The highest BCUT2D eigenvalue weighted by atomic mass is 35.5. The molecule has 0 saturated heterocycles. The summed E-state index contributed by atoms with van der Waals surface area (Å²) in [6, 6.07) is 3.94. The Balaban J connectivity index is 2.28. The molecule has 0 N–H and O–H groups in total. The summed E-state index contributed by atoms with van der Waals surface area (Å²) >= 11 is 7.71. The predicted octanol–water partition coefficient (Wildman–Crippen LogP) is 3.37. The van der Waals surface area contributed by atoms with E-state index in [2.05, 4.69) is 0 Å². The van der Waals surface area contributed by atoms with Crippen molar-refractivity contribution in [2.45, 2.75) is 25.1 Å². The Morgan fingerprint density at radius 1 is 1.71 bits per heavy atom. The molecule has 2 nitrogen and oxygen atoms in total. The second-order valence-corrected chi connectivity index (χ2v) is 4.33. The Hall–Kier alpha value is -0.540. The van der Waals surface area contributed by atoms with Crippen molar-refractivity contribution < 1.29 is 9.53 Å². The third-order valence-electron chi connectivity index (χ3n) is 1.76. The highest BCUT2D eigenvalue weighted by molar-refractivity contribution is 7.10. The maximum Gasteiger partial charge on any atom is 0.305 e. The quantitative estimate of drug-likeness (QED) is 0.575. The molecule has 1 unspecified atom stereocenters. The molecule has 0 aliphatic heterocycles. The summed E-state index contributed by atoms with van der Waals surface area (Å²) in [5.74, 6) is -0.172. The summed E-state index contributed by atoms with van der Waals surface area (Å²) in [5, 5.41) is 1.91. The van der Waals surface area contributed by atoms with Crippen LogP contribution in [0.5, 0.6) is 0 Å². The molecule has 0 aliphatic rings. The molecular weight excluding hydrogens is 220 g/mol. The first-order valence-electron chi connectivity index (χ1n) is 4.57. The molecule has 0 saturated carbocycles. The van der Waals surface area contributed by atoms with Crippen molar-refractivity contribution in [2.75, 3.05) is 6.61 Å². The van der Waals surface area contributed by atoms with Crippen molar-refractivity contribution in [2.24, 2.45) is 0 Å². The lowest BCUT2D eigenvalue weighted by molar-refractivity contribution is -0.143. The zero-order valence-corrected chi connectivity index (χ0v) is 9.61. The predicted molar refractivity (Wildman–Crippen MR) is 58.8 cm³/mol. The fourth-order valence-electron chi connectivity index (χ4n) is 1.09. The van der Waals surface area contributed by atoms with Crippen LogP contribution in [0.1, 0.15) is 30.0 Å². The first-order valence-corrected chi connectivity index (χ1v) is 5.88. The minimum Gasteiger partial charge on any atom is -0.466 e. The molecule has 1 aromatic rings. The fourth-order valence-corrected chi connectivity index (χ4v) is 2.16.